The number of ether oxygens (including phenoxy) is 2. The summed E-state index contributed by atoms with van der Waals surface area (Å²) in [6, 6.07) is 2.55. The van der Waals surface area contributed by atoms with Crippen LogP contribution in [-0.2, 0) is 23.9 Å². The van der Waals surface area contributed by atoms with Crippen LogP contribution in [0.15, 0.2) is 12.2 Å². The Bertz CT molecular complexity index is 1170. The van der Waals surface area contributed by atoms with E-state index in [4.69, 9.17) is 9.47 Å². The number of hydrogen-bond donors (Lipinski definition) is 1. The molecule has 4 aliphatic carbocycles. The van der Waals surface area contributed by atoms with E-state index >= 15 is 0 Å². The molecule has 0 bridgehead atoms. The van der Waals surface area contributed by atoms with E-state index in [-0.39, 0.29) is 64.8 Å². The van der Waals surface area contributed by atoms with Gasteiger partial charge in [-0.15, -0.1) is 0 Å². The molecule has 0 aromatic carbocycles. The molecular formula is C36H56N2O5. The van der Waals surface area contributed by atoms with E-state index in [1.165, 1.54) is 12.7 Å². The summed E-state index contributed by atoms with van der Waals surface area (Å²) in [4.78, 5) is 39.0. The topological polar surface area (TPSA) is 105 Å². The van der Waals surface area contributed by atoms with Crippen LogP contribution in [0.1, 0.15) is 113 Å². The van der Waals surface area contributed by atoms with Crippen LogP contribution in [-0.4, -0.2) is 38.1 Å². The molecule has 7 nitrogen and oxygen atoms in total. The monoisotopic (exact) mass is 596 g/mol. The lowest BCUT2D eigenvalue weighted by Gasteiger charge is -2.71. The van der Waals surface area contributed by atoms with Crippen molar-refractivity contribution in [1.29, 1.82) is 5.26 Å². The third kappa shape index (κ3) is 5.03. The lowest BCUT2D eigenvalue weighted by atomic mass is 9.33. The molecule has 1 amide bonds. The first-order valence-electron chi connectivity index (χ1n) is 16.7. The molecule has 240 valence electrons. The molecule has 0 aliphatic heterocycles. The molecule has 1 N–H and O–H groups in total. The van der Waals surface area contributed by atoms with Gasteiger partial charge in [0.15, 0.2) is 0 Å². The fourth-order valence-electron chi connectivity index (χ4n) is 11.6. The van der Waals surface area contributed by atoms with Crippen molar-refractivity contribution in [3.05, 3.63) is 12.2 Å². The van der Waals surface area contributed by atoms with E-state index in [0.717, 1.165) is 51.4 Å². The van der Waals surface area contributed by atoms with Crippen molar-refractivity contribution in [3.8, 4) is 6.07 Å². The number of rotatable bonds is 9. The summed E-state index contributed by atoms with van der Waals surface area (Å²) in [6.07, 6.45) is 8.11. The predicted molar refractivity (Wildman–Crippen MR) is 166 cm³/mol. The number of carbonyl (C=O) groups excluding carboxylic acids is 3. The van der Waals surface area contributed by atoms with Gasteiger partial charge in [-0.25, -0.2) is 0 Å². The van der Waals surface area contributed by atoms with Gasteiger partial charge in [-0.1, -0.05) is 46.8 Å². The Morgan fingerprint density at radius 3 is 2.33 bits per heavy atom. The third-order valence-corrected chi connectivity index (χ3v) is 13.8. The second kappa shape index (κ2) is 11.9. The number of nitrogens with zero attached hydrogens (tertiary/aromatic N) is 1. The van der Waals surface area contributed by atoms with E-state index < -0.39 is 10.8 Å². The van der Waals surface area contributed by atoms with Crippen molar-refractivity contribution in [3.63, 3.8) is 0 Å². The van der Waals surface area contributed by atoms with Crippen LogP contribution in [0.25, 0.3) is 0 Å². The van der Waals surface area contributed by atoms with Gasteiger partial charge in [-0.2, -0.15) is 5.26 Å². The maximum atomic E-state index is 13.7. The molecule has 0 heterocycles. The molecule has 0 unspecified atom stereocenters. The second-order valence-electron chi connectivity index (χ2n) is 15.7. The van der Waals surface area contributed by atoms with E-state index in [1.54, 1.807) is 6.92 Å². The van der Waals surface area contributed by atoms with Gasteiger partial charge in [0.05, 0.1) is 31.6 Å². The van der Waals surface area contributed by atoms with Gasteiger partial charge in [-0.05, 0) is 111 Å². The molecular weight excluding hydrogens is 540 g/mol. The molecule has 43 heavy (non-hydrogen) atoms. The number of nitrogens with one attached hydrogen (secondary N) is 1. The van der Waals surface area contributed by atoms with Crippen molar-refractivity contribution in [2.75, 3.05) is 20.3 Å². The van der Waals surface area contributed by atoms with Gasteiger partial charge in [0.1, 0.15) is 0 Å². The summed E-state index contributed by atoms with van der Waals surface area (Å²) in [7, 11) is 1.54. The first kappa shape index (κ1) is 33.5. The van der Waals surface area contributed by atoms with Crippen molar-refractivity contribution in [1.82, 2.24) is 5.32 Å². The first-order valence-corrected chi connectivity index (χ1v) is 16.7. The lowest BCUT2D eigenvalue weighted by Crippen LogP contribution is -2.66. The van der Waals surface area contributed by atoms with E-state index in [2.05, 4.69) is 45.7 Å². The Hall–Kier alpha value is -2.36. The highest BCUT2D eigenvalue weighted by Crippen LogP contribution is 2.76. The molecule has 4 aliphatic rings. The second-order valence-corrected chi connectivity index (χ2v) is 15.7. The molecule has 7 heteroatoms. The molecule has 0 saturated heterocycles. The summed E-state index contributed by atoms with van der Waals surface area (Å²) >= 11 is 0. The number of carbonyl (C=O) groups is 3. The van der Waals surface area contributed by atoms with Gasteiger partial charge in [-0.3, -0.25) is 14.4 Å². The fourth-order valence-corrected chi connectivity index (χ4v) is 11.6. The number of nitriles is 1. The van der Waals surface area contributed by atoms with Gasteiger partial charge in [0.25, 0.3) is 0 Å². The summed E-state index contributed by atoms with van der Waals surface area (Å²) in [5.74, 6) is 0.823. The number of fused-ring (bicyclic) bond motifs is 5. The third-order valence-electron chi connectivity index (χ3n) is 13.8. The number of amides is 1. The van der Waals surface area contributed by atoms with Gasteiger partial charge in [0.2, 0.25) is 5.91 Å². The molecule has 9 atom stereocenters. The molecule has 0 spiro atoms. The van der Waals surface area contributed by atoms with Crippen LogP contribution in [0.2, 0.25) is 0 Å². The molecule has 4 fully saturated rings. The number of esters is 2. The average Bonchev–Trinajstić information content (AvgIpc) is 3.34. The largest absolute Gasteiger partial charge is 0.469 e. The van der Waals surface area contributed by atoms with Crippen molar-refractivity contribution in [2.24, 2.45) is 56.7 Å². The fraction of sp³-hybridized carbons (Fsp3) is 0.833. The van der Waals surface area contributed by atoms with Crippen molar-refractivity contribution >= 4 is 17.8 Å². The van der Waals surface area contributed by atoms with Gasteiger partial charge in [0, 0.05) is 18.4 Å². The number of methoxy groups -OCH3 is 1. The van der Waals surface area contributed by atoms with Gasteiger partial charge < -0.3 is 14.8 Å². The number of allylic oxidation sites excluding steroid dienone is 1. The normalized spacial score (nSPS) is 40.2. The number of hydrogen-bond acceptors (Lipinski definition) is 6. The summed E-state index contributed by atoms with van der Waals surface area (Å²) in [5, 5.41) is 13.2. The van der Waals surface area contributed by atoms with Crippen LogP contribution in [0.5, 0.6) is 0 Å². The average molecular weight is 597 g/mol. The van der Waals surface area contributed by atoms with Crippen molar-refractivity contribution < 1.29 is 23.9 Å². The zero-order valence-corrected chi connectivity index (χ0v) is 28.1. The maximum absolute atomic E-state index is 13.7. The zero-order chi connectivity index (χ0) is 32.0. The van der Waals surface area contributed by atoms with E-state index in [1.807, 2.05) is 13.8 Å². The molecule has 0 aromatic rings. The minimum Gasteiger partial charge on any atom is -0.469 e. The van der Waals surface area contributed by atoms with Gasteiger partial charge >= 0.3 is 11.9 Å². The van der Waals surface area contributed by atoms with Crippen LogP contribution >= 0.6 is 0 Å². The Morgan fingerprint density at radius 1 is 1.02 bits per heavy atom. The summed E-state index contributed by atoms with van der Waals surface area (Å²) < 4.78 is 10.5. The minimum absolute atomic E-state index is 0.00384. The maximum Gasteiger partial charge on any atom is 0.312 e. The highest BCUT2D eigenvalue weighted by molar-refractivity contribution is 5.83. The summed E-state index contributed by atoms with van der Waals surface area (Å²) in [6.45, 7) is 20.1. The quantitative estimate of drug-likeness (QED) is 0.227. The van der Waals surface area contributed by atoms with Crippen LogP contribution in [0.3, 0.4) is 0 Å². The Morgan fingerprint density at radius 2 is 1.72 bits per heavy atom. The predicted octanol–water partition coefficient (Wildman–Crippen LogP) is 7.01. The SMILES string of the molecule is C=C(C)[C@@H]1CC[C@]2(C(=O)OC)CC[C@]3(C)[C@H](CC[C@@H]4[C@@](C)(CC#N)[C@H](C(C)(C)C(=O)NCCC(=O)OCC)CC[C@]43C)[C@@H]12. The Kier molecular flexibility index (Phi) is 9.25. The van der Waals surface area contributed by atoms with Crippen molar-refractivity contribution in [2.45, 2.75) is 113 Å². The highest BCUT2D eigenvalue weighted by Gasteiger charge is 2.71. The first-order chi connectivity index (χ1) is 20.1. The molecule has 4 saturated carbocycles. The van der Waals surface area contributed by atoms with Crippen LogP contribution in [0.4, 0.5) is 0 Å². The van der Waals surface area contributed by atoms with Crippen LogP contribution < -0.4 is 5.32 Å². The standard InChI is InChI=1S/C36H56N2O5/c1-10-43-28(39)15-22-38-30(40)32(4,5)26-14-16-35(8)27(33(26,6)20-21-37)12-11-25-29-24(23(2)3)13-17-36(29,31(41)42-9)19-18-34(25,35)7/h24-27,29H,2,10-20,22H2,1,3-9H3,(H,38,40)/t24-,25+,26-,27+,29+,33-,34+,35+,36-/m0/s1. The molecule has 0 aromatic heterocycles. The van der Waals surface area contributed by atoms with Crippen LogP contribution in [0, 0.1) is 68.0 Å². The smallest absolute Gasteiger partial charge is 0.312 e. The van der Waals surface area contributed by atoms with E-state index in [0.29, 0.717) is 24.9 Å². The van der Waals surface area contributed by atoms with E-state index in [9.17, 15) is 19.6 Å². The zero-order valence-electron chi connectivity index (χ0n) is 28.1. The molecule has 0 radical (unpaired) electrons. The lowest BCUT2D eigenvalue weighted by molar-refractivity contribution is -0.229. The Balaban J connectivity index is 1.67. The minimum atomic E-state index is -0.706. The molecule has 4 rings (SSSR count). The summed E-state index contributed by atoms with van der Waals surface area (Å²) in [5.41, 5.74) is -0.327. The Labute approximate surface area is 259 Å². The highest BCUT2D eigenvalue weighted by atomic mass is 16.5.